The van der Waals surface area contributed by atoms with Crippen LogP contribution in [-0.2, 0) is 9.84 Å². The smallest absolute Gasteiger partial charge is 0.266 e. The molecule has 0 bridgehead atoms. The number of benzene rings is 1. The minimum atomic E-state index is -3.22. The number of tetrazole rings is 1. The third kappa shape index (κ3) is 5.47. The van der Waals surface area contributed by atoms with Crippen LogP contribution >= 0.6 is 0 Å². The van der Waals surface area contributed by atoms with Gasteiger partial charge in [0.2, 0.25) is 5.88 Å². The average Bonchev–Trinajstić information content (AvgIpc) is 3.30. The molecule has 0 spiro atoms. The number of hydrogen-bond donors (Lipinski definition) is 0. The molecule has 4 rings (SSSR count). The van der Waals surface area contributed by atoms with E-state index < -0.39 is 9.84 Å². The Bertz CT molecular complexity index is 1170. The largest absolute Gasteiger partial charge is 0.473 e. The molecular formula is C22H29N7O3S. The van der Waals surface area contributed by atoms with Gasteiger partial charge in [0.1, 0.15) is 6.10 Å². The van der Waals surface area contributed by atoms with E-state index in [0.717, 1.165) is 31.5 Å². The zero-order valence-corrected chi connectivity index (χ0v) is 20.1. The molecular weight excluding hydrogens is 442 g/mol. The first-order valence-corrected chi connectivity index (χ1v) is 12.9. The van der Waals surface area contributed by atoms with E-state index in [9.17, 15) is 8.42 Å². The van der Waals surface area contributed by atoms with E-state index in [2.05, 4.69) is 37.2 Å². The van der Waals surface area contributed by atoms with Crippen LogP contribution in [0.15, 0.2) is 41.6 Å². The van der Waals surface area contributed by atoms with Gasteiger partial charge in [-0.1, -0.05) is 17.2 Å². The van der Waals surface area contributed by atoms with Gasteiger partial charge in [-0.05, 0) is 56.9 Å². The van der Waals surface area contributed by atoms with Crippen molar-refractivity contribution in [3.63, 3.8) is 0 Å². The van der Waals surface area contributed by atoms with Gasteiger partial charge in [0.05, 0.1) is 29.0 Å². The first kappa shape index (κ1) is 23.1. The van der Waals surface area contributed by atoms with Gasteiger partial charge in [-0.3, -0.25) is 0 Å². The van der Waals surface area contributed by atoms with Crippen molar-refractivity contribution in [2.75, 3.05) is 24.2 Å². The van der Waals surface area contributed by atoms with Crippen LogP contribution in [0.4, 0.5) is 5.95 Å². The van der Waals surface area contributed by atoms with E-state index in [1.807, 2.05) is 13.8 Å². The molecule has 10 nitrogen and oxygen atoms in total. The van der Waals surface area contributed by atoms with Crippen LogP contribution in [0, 0.1) is 5.92 Å². The molecule has 1 saturated heterocycles. The number of hydrogen-bond acceptors (Lipinski definition) is 9. The lowest BCUT2D eigenvalue weighted by Gasteiger charge is -2.33. The van der Waals surface area contributed by atoms with Crippen molar-refractivity contribution < 1.29 is 13.2 Å². The standard InChI is InChI=1S/C22H29N7O3S/c1-15(2)29-26-22(25-27-29)28-11-9-17(10-12-28)16(3)32-21-14-23-20(13-24-21)18-5-7-19(8-6-18)33(4,30)31/h5-8,13-17H,9-12H2,1-4H3. The quantitative estimate of drug-likeness (QED) is 0.513. The Morgan fingerprint density at radius 3 is 2.27 bits per heavy atom. The van der Waals surface area contributed by atoms with Gasteiger partial charge in [-0.15, -0.1) is 5.10 Å². The van der Waals surface area contributed by atoms with Crippen molar-refractivity contribution >= 4 is 15.8 Å². The lowest BCUT2D eigenvalue weighted by molar-refractivity contribution is 0.127. The zero-order chi connectivity index (χ0) is 23.6. The minimum absolute atomic E-state index is 0.000602. The van der Waals surface area contributed by atoms with Crippen LogP contribution in [0.2, 0.25) is 0 Å². The maximum Gasteiger partial charge on any atom is 0.266 e. The zero-order valence-electron chi connectivity index (χ0n) is 19.3. The summed E-state index contributed by atoms with van der Waals surface area (Å²) in [5.41, 5.74) is 1.45. The molecule has 0 radical (unpaired) electrons. The van der Waals surface area contributed by atoms with Gasteiger partial charge >= 0.3 is 0 Å². The van der Waals surface area contributed by atoms with Crippen molar-refractivity contribution in [3.8, 4) is 17.1 Å². The Kier molecular flexibility index (Phi) is 6.59. The molecule has 0 saturated carbocycles. The van der Waals surface area contributed by atoms with Crippen LogP contribution in [-0.4, -0.2) is 64.0 Å². The first-order chi connectivity index (χ1) is 15.7. The predicted molar refractivity (Wildman–Crippen MR) is 124 cm³/mol. The summed E-state index contributed by atoms with van der Waals surface area (Å²) < 4.78 is 29.3. The molecule has 1 atom stereocenters. The van der Waals surface area contributed by atoms with Gasteiger partial charge in [-0.25, -0.2) is 18.4 Å². The van der Waals surface area contributed by atoms with Gasteiger partial charge < -0.3 is 9.64 Å². The second-order valence-electron chi connectivity index (χ2n) is 8.69. The second-order valence-corrected chi connectivity index (χ2v) is 10.7. The van der Waals surface area contributed by atoms with Gasteiger partial charge in [-0.2, -0.15) is 4.80 Å². The van der Waals surface area contributed by atoms with Crippen molar-refractivity contribution in [1.82, 2.24) is 30.2 Å². The third-order valence-electron chi connectivity index (χ3n) is 5.88. The van der Waals surface area contributed by atoms with E-state index in [1.165, 1.54) is 6.26 Å². The predicted octanol–water partition coefficient (Wildman–Crippen LogP) is 2.80. The molecule has 0 N–H and O–H groups in total. The van der Waals surface area contributed by atoms with E-state index in [0.29, 0.717) is 23.4 Å². The lowest BCUT2D eigenvalue weighted by atomic mass is 9.92. The third-order valence-corrected chi connectivity index (χ3v) is 7.01. The molecule has 11 heteroatoms. The van der Waals surface area contributed by atoms with Crippen LogP contribution in [0.3, 0.4) is 0 Å². The maximum absolute atomic E-state index is 11.6. The summed E-state index contributed by atoms with van der Waals surface area (Å²) in [5, 5.41) is 12.8. The molecule has 0 amide bonds. The van der Waals surface area contributed by atoms with E-state index in [4.69, 9.17) is 4.74 Å². The maximum atomic E-state index is 11.6. The SMILES string of the molecule is CC(Oc1cnc(-c2ccc(S(C)(=O)=O)cc2)cn1)C1CCN(c2nnn(C(C)C)n2)CC1. The Hall–Kier alpha value is -3.08. The number of sulfone groups is 1. The second kappa shape index (κ2) is 9.42. The highest BCUT2D eigenvalue weighted by Gasteiger charge is 2.27. The number of nitrogens with zero attached hydrogens (tertiary/aromatic N) is 7. The van der Waals surface area contributed by atoms with E-state index in [-0.39, 0.29) is 17.0 Å². The highest BCUT2D eigenvalue weighted by atomic mass is 32.2. The normalized spacial score (nSPS) is 16.2. The van der Waals surface area contributed by atoms with Crippen molar-refractivity contribution in [3.05, 3.63) is 36.7 Å². The molecule has 1 fully saturated rings. The molecule has 1 aromatic carbocycles. The van der Waals surface area contributed by atoms with Crippen LogP contribution in [0.5, 0.6) is 5.88 Å². The number of ether oxygens (including phenoxy) is 1. The van der Waals surface area contributed by atoms with E-state index in [1.54, 1.807) is 41.5 Å². The fraction of sp³-hybridized carbons (Fsp3) is 0.500. The van der Waals surface area contributed by atoms with Gasteiger partial charge in [0.15, 0.2) is 9.84 Å². The summed E-state index contributed by atoms with van der Waals surface area (Å²) in [7, 11) is -3.22. The average molecular weight is 472 g/mol. The Labute approximate surface area is 193 Å². The topological polar surface area (TPSA) is 116 Å². The van der Waals surface area contributed by atoms with Crippen molar-refractivity contribution in [1.29, 1.82) is 0 Å². The van der Waals surface area contributed by atoms with Crippen LogP contribution in [0.1, 0.15) is 39.7 Å². The molecule has 1 aliphatic heterocycles. The minimum Gasteiger partial charge on any atom is -0.473 e. The summed E-state index contributed by atoms with van der Waals surface area (Å²) in [6.45, 7) is 7.83. The first-order valence-electron chi connectivity index (χ1n) is 11.0. The number of rotatable bonds is 7. The molecule has 176 valence electrons. The van der Waals surface area contributed by atoms with Crippen molar-refractivity contribution in [2.45, 2.75) is 50.7 Å². The fourth-order valence-corrected chi connectivity index (χ4v) is 4.45. The summed E-state index contributed by atoms with van der Waals surface area (Å²) in [6, 6.07) is 6.79. The molecule has 3 heterocycles. The summed E-state index contributed by atoms with van der Waals surface area (Å²) in [5.74, 6) is 1.55. The highest BCUT2D eigenvalue weighted by Crippen LogP contribution is 2.26. The van der Waals surface area contributed by atoms with Gasteiger partial charge in [0.25, 0.3) is 5.95 Å². The summed E-state index contributed by atoms with van der Waals surface area (Å²) in [6.07, 6.45) is 6.38. The molecule has 2 aromatic heterocycles. The van der Waals surface area contributed by atoms with Gasteiger partial charge in [0, 0.05) is 24.9 Å². The number of piperidine rings is 1. The highest BCUT2D eigenvalue weighted by molar-refractivity contribution is 7.90. The lowest BCUT2D eigenvalue weighted by Crippen LogP contribution is -2.39. The molecule has 1 unspecified atom stereocenters. The molecule has 1 aliphatic rings. The van der Waals surface area contributed by atoms with Crippen LogP contribution < -0.4 is 9.64 Å². The number of anilines is 1. The Morgan fingerprint density at radius 2 is 1.73 bits per heavy atom. The number of aromatic nitrogens is 6. The molecule has 3 aromatic rings. The fourth-order valence-electron chi connectivity index (χ4n) is 3.82. The Balaban J connectivity index is 1.32. The summed E-state index contributed by atoms with van der Waals surface area (Å²) in [4.78, 5) is 12.9. The summed E-state index contributed by atoms with van der Waals surface area (Å²) >= 11 is 0. The van der Waals surface area contributed by atoms with Crippen molar-refractivity contribution in [2.24, 2.45) is 5.92 Å². The molecule has 33 heavy (non-hydrogen) atoms. The van der Waals surface area contributed by atoms with Crippen LogP contribution in [0.25, 0.3) is 11.3 Å². The Morgan fingerprint density at radius 1 is 1.03 bits per heavy atom. The monoisotopic (exact) mass is 471 g/mol. The molecule has 0 aliphatic carbocycles. The van der Waals surface area contributed by atoms with E-state index >= 15 is 0 Å².